The van der Waals surface area contributed by atoms with E-state index in [1.165, 1.54) is 0 Å². The van der Waals surface area contributed by atoms with Gasteiger partial charge < -0.3 is 0 Å². The van der Waals surface area contributed by atoms with Crippen LogP contribution in [0.5, 0.6) is 0 Å². The van der Waals surface area contributed by atoms with Crippen molar-refractivity contribution in [1.82, 2.24) is 10.4 Å². The summed E-state index contributed by atoms with van der Waals surface area (Å²) < 4.78 is 0. The summed E-state index contributed by atoms with van der Waals surface area (Å²) in [5.41, 5.74) is 4.51. The van der Waals surface area contributed by atoms with Crippen molar-refractivity contribution in [3.05, 3.63) is 42.2 Å². The van der Waals surface area contributed by atoms with Crippen LogP contribution in [-0.4, -0.2) is 4.98 Å². The standard InChI is InChI=1S/C9H13N3/c1-7(2)9(12-10)8-5-3-4-6-11-8/h3-6,9,12H,1,10H2,2H3. The summed E-state index contributed by atoms with van der Waals surface area (Å²) in [5, 5.41) is 0. The monoisotopic (exact) mass is 163 g/mol. The van der Waals surface area contributed by atoms with Crippen LogP contribution in [0.4, 0.5) is 0 Å². The van der Waals surface area contributed by atoms with Gasteiger partial charge in [-0.1, -0.05) is 18.2 Å². The van der Waals surface area contributed by atoms with Crippen molar-refractivity contribution in [3.63, 3.8) is 0 Å². The van der Waals surface area contributed by atoms with Gasteiger partial charge in [-0.15, -0.1) is 0 Å². The molecule has 1 rings (SSSR count). The maximum Gasteiger partial charge on any atom is 0.0836 e. The highest BCUT2D eigenvalue weighted by molar-refractivity contribution is 5.18. The zero-order chi connectivity index (χ0) is 8.97. The van der Waals surface area contributed by atoms with E-state index in [1.54, 1.807) is 6.20 Å². The van der Waals surface area contributed by atoms with E-state index in [0.29, 0.717) is 0 Å². The molecule has 3 N–H and O–H groups in total. The van der Waals surface area contributed by atoms with E-state index >= 15 is 0 Å². The number of hydrogen-bond acceptors (Lipinski definition) is 3. The van der Waals surface area contributed by atoms with E-state index in [2.05, 4.69) is 17.0 Å². The van der Waals surface area contributed by atoms with Gasteiger partial charge in [0.2, 0.25) is 0 Å². The van der Waals surface area contributed by atoms with Crippen LogP contribution < -0.4 is 11.3 Å². The van der Waals surface area contributed by atoms with Crippen LogP contribution >= 0.6 is 0 Å². The lowest BCUT2D eigenvalue weighted by Gasteiger charge is -2.14. The Morgan fingerprint density at radius 3 is 2.83 bits per heavy atom. The topological polar surface area (TPSA) is 50.9 Å². The summed E-state index contributed by atoms with van der Waals surface area (Å²) in [6.07, 6.45) is 1.74. The Balaban J connectivity index is 2.88. The van der Waals surface area contributed by atoms with E-state index in [9.17, 15) is 0 Å². The van der Waals surface area contributed by atoms with Crippen molar-refractivity contribution in [2.45, 2.75) is 13.0 Å². The lowest BCUT2D eigenvalue weighted by molar-refractivity contribution is 0.611. The highest BCUT2D eigenvalue weighted by Gasteiger charge is 2.09. The van der Waals surface area contributed by atoms with Crippen molar-refractivity contribution in [1.29, 1.82) is 0 Å². The summed E-state index contributed by atoms with van der Waals surface area (Å²) >= 11 is 0. The van der Waals surface area contributed by atoms with E-state index in [-0.39, 0.29) is 6.04 Å². The van der Waals surface area contributed by atoms with Crippen molar-refractivity contribution >= 4 is 0 Å². The molecule has 0 amide bonds. The molecule has 1 atom stereocenters. The average molecular weight is 163 g/mol. The van der Waals surface area contributed by atoms with Crippen LogP contribution in [0.1, 0.15) is 18.7 Å². The van der Waals surface area contributed by atoms with E-state index in [0.717, 1.165) is 11.3 Å². The third kappa shape index (κ3) is 1.90. The molecule has 0 fully saturated rings. The van der Waals surface area contributed by atoms with E-state index in [4.69, 9.17) is 5.84 Å². The molecule has 12 heavy (non-hydrogen) atoms. The quantitative estimate of drug-likeness (QED) is 0.399. The maximum atomic E-state index is 5.35. The minimum atomic E-state index is -0.0498. The molecule has 0 saturated carbocycles. The lowest BCUT2D eigenvalue weighted by atomic mass is 10.1. The summed E-state index contributed by atoms with van der Waals surface area (Å²) in [7, 11) is 0. The molecule has 0 bridgehead atoms. The SMILES string of the molecule is C=C(C)C(NN)c1ccccn1. The van der Waals surface area contributed by atoms with Crippen LogP contribution in [0.3, 0.4) is 0 Å². The predicted octanol–water partition coefficient (Wildman–Crippen LogP) is 1.16. The Morgan fingerprint density at radius 1 is 1.67 bits per heavy atom. The molecule has 64 valence electrons. The molecule has 3 heteroatoms. The first kappa shape index (κ1) is 8.90. The molecule has 0 aliphatic carbocycles. The lowest BCUT2D eigenvalue weighted by Crippen LogP contribution is -2.29. The molecule has 1 aromatic heterocycles. The fraction of sp³-hybridized carbons (Fsp3) is 0.222. The van der Waals surface area contributed by atoms with Gasteiger partial charge in [-0.2, -0.15) is 0 Å². The fourth-order valence-electron chi connectivity index (χ4n) is 1.03. The second-order valence-corrected chi connectivity index (χ2v) is 2.70. The van der Waals surface area contributed by atoms with Gasteiger partial charge in [0, 0.05) is 6.20 Å². The Hall–Kier alpha value is -1.19. The van der Waals surface area contributed by atoms with Gasteiger partial charge >= 0.3 is 0 Å². The van der Waals surface area contributed by atoms with Crippen LogP contribution in [0.25, 0.3) is 0 Å². The largest absolute Gasteiger partial charge is 0.271 e. The first-order valence-corrected chi connectivity index (χ1v) is 3.78. The highest BCUT2D eigenvalue weighted by Crippen LogP contribution is 2.15. The van der Waals surface area contributed by atoms with Crippen molar-refractivity contribution in [2.24, 2.45) is 5.84 Å². The van der Waals surface area contributed by atoms with E-state index < -0.39 is 0 Å². The third-order valence-corrected chi connectivity index (χ3v) is 1.64. The Labute approximate surface area is 72.3 Å². The molecule has 0 saturated heterocycles. The summed E-state index contributed by atoms with van der Waals surface area (Å²) in [5.74, 6) is 5.35. The molecular formula is C9H13N3. The van der Waals surface area contributed by atoms with Crippen molar-refractivity contribution in [3.8, 4) is 0 Å². The fourth-order valence-corrected chi connectivity index (χ4v) is 1.03. The summed E-state index contributed by atoms with van der Waals surface area (Å²) in [6, 6.07) is 5.66. The average Bonchev–Trinajstić information content (AvgIpc) is 2.07. The molecule has 0 radical (unpaired) electrons. The summed E-state index contributed by atoms with van der Waals surface area (Å²) in [6.45, 7) is 5.74. The minimum Gasteiger partial charge on any atom is -0.271 e. The number of aromatic nitrogens is 1. The van der Waals surface area contributed by atoms with Gasteiger partial charge in [-0.05, 0) is 19.1 Å². The molecule has 1 aromatic rings. The predicted molar refractivity (Wildman–Crippen MR) is 49.1 cm³/mol. The Kier molecular flexibility index (Phi) is 2.96. The number of hydrogen-bond donors (Lipinski definition) is 2. The molecule has 0 aromatic carbocycles. The first-order valence-electron chi connectivity index (χ1n) is 3.78. The van der Waals surface area contributed by atoms with Gasteiger partial charge in [-0.3, -0.25) is 10.8 Å². The minimum absolute atomic E-state index is 0.0498. The molecular weight excluding hydrogens is 150 g/mol. The van der Waals surface area contributed by atoms with E-state index in [1.807, 2.05) is 25.1 Å². The molecule has 0 aliphatic heterocycles. The number of rotatable bonds is 3. The van der Waals surface area contributed by atoms with Gasteiger partial charge in [0.25, 0.3) is 0 Å². The van der Waals surface area contributed by atoms with Crippen molar-refractivity contribution < 1.29 is 0 Å². The Bertz CT molecular complexity index is 256. The normalized spacial score (nSPS) is 12.5. The van der Waals surface area contributed by atoms with Crippen LogP contribution in [-0.2, 0) is 0 Å². The van der Waals surface area contributed by atoms with Gasteiger partial charge in [0.05, 0.1) is 11.7 Å². The molecule has 1 heterocycles. The smallest absolute Gasteiger partial charge is 0.0836 e. The van der Waals surface area contributed by atoms with Gasteiger partial charge in [0.1, 0.15) is 0 Å². The third-order valence-electron chi connectivity index (χ3n) is 1.64. The van der Waals surface area contributed by atoms with Crippen LogP contribution in [0, 0.1) is 0 Å². The number of nitrogens with zero attached hydrogens (tertiary/aromatic N) is 1. The number of nitrogens with two attached hydrogens (primary N) is 1. The molecule has 1 unspecified atom stereocenters. The molecule has 0 spiro atoms. The zero-order valence-corrected chi connectivity index (χ0v) is 7.12. The summed E-state index contributed by atoms with van der Waals surface area (Å²) in [4.78, 5) is 4.17. The zero-order valence-electron chi connectivity index (χ0n) is 7.12. The molecule has 0 aliphatic rings. The van der Waals surface area contributed by atoms with Gasteiger partial charge in [-0.25, -0.2) is 5.43 Å². The highest BCUT2D eigenvalue weighted by atomic mass is 15.2. The number of nitrogens with one attached hydrogen (secondary N) is 1. The molecule has 3 nitrogen and oxygen atoms in total. The van der Waals surface area contributed by atoms with Crippen LogP contribution in [0.15, 0.2) is 36.5 Å². The second-order valence-electron chi connectivity index (χ2n) is 2.70. The number of pyridine rings is 1. The Morgan fingerprint density at radius 2 is 2.42 bits per heavy atom. The number of hydrazine groups is 1. The first-order chi connectivity index (χ1) is 5.75. The maximum absolute atomic E-state index is 5.35. The van der Waals surface area contributed by atoms with Crippen molar-refractivity contribution in [2.75, 3.05) is 0 Å². The van der Waals surface area contributed by atoms with Gasteiger partial charge in [0.15, 0.2) is 0 Å². The second kappa shape index (κ2) is 3.99. The van der Waals surface area contributed by atoms with Crippen LogP contribution in [0.2, 0.25) is 0 Å².